The number of hydrogen-bond donors (Lipinski definition) is 4. The average molecular weight is 415 g/mol. The number of H-pyrrole nitrogens is 1. The number of aromatic amines is 1. The van der Waals surface area contributed by atoms with Crippen molar-refractivity contribution in [1.82, 2.24) is 4.98 Å². The molecule has 4 N–H and O–H groups in total. The van der Waals surface area contributed by atoms with E-state index in [-0.39, 0.29) is 0 Å². The van der Waals surface area contributed by atoms with Gasteiger partial charge in [-0.25, -0.2) is 0 Å². The minimum atomic E-state index is -1.05. The number of rotatable bonds is 5. The summed E-state index contributed by atoms with van der Waals surface area (Å²) in [4.78, 5) is 5.35. The number of allylic oxidation sites excluding steroid dienone is 1. The lowest BCUT2D eigenvalue weighted by Gasteiger charge is -2.50. The second-order valence-corrected chi connectivity index (χ2v) is 9.48. The van der Waals surface area contributed by atoms with Gasteiger partial charge in [-0.05, 0) is 64.3 Å². The van der Waals surface area contributed by atoms with Crippen LogP contribution in [-0.2, 0) is 4.74 Å². The molecule has 2 aromatic rings. The Hall–Kier alpha value is -1.86. The SMILES string of the molecule is CO[C@@H]1[C@H](O)CC[C@]2(O)CN(c3ccc4[nH]ccc4c3)[C@](C)([C@H](O)CC=C(C)C)[C@@H]12. The van der Waals surface area contributed by atoms with Crippen molar-refractivity contribution in [2.75, 3.05) is 18.6 Å². The summed E-state index contributed by atoms with van der Waals surface area (Å²) in [7, 11) is 1.58. The molecule has 4 rings (SSSR count). The molecule has 0 amide bonds. The van der Waals surface area contributed by atoms with Gasteiger partial charge in [-0.15, -0.1) is 0 Å². The Morgan fingerprint density at radius 3 is 2.83 bits per heavy atom. The summed E-state index contributed by atoms with van der Waals surface area (Å²) >= 11 is 0. The Morgan fingerprint density at radius 1 is 1.37 bits per heavy atom. The molecular formula is C24H34N2O4. The largest absolute Gasteiger partial charge is 0.390 e. The monoisotopic (exact) mass is 414 g/mol. The Morgan fingerprint density at radius 2 is 2.13 bits per heavy atom. The van der Waals surface area contributed by atoms with Gasteiger partial charge in [0.25, 0.3) is 0 Å². The highest BCUT2D eigenvalue weighted by Gasteiger charge is 2.66. The minimum absolute atomic E-state index is 0.391. The van der Waals surface area contributed by atoms with E-state index in [1.165, 1.54) is 0 Å². The van der Waals surface area contributed by atoms with Crippen molar-refractivity contribution in [3.05, 3.63) is 42.1 Å². The van der Waals surface area contributed by atoms with Crippen LogP contribution in [-0.4, -0.2) is 63.4 Å². The zero-order valence-electron chi connectivity index (χ0n) is 18.3. The molecule has 0 spiro atoms. The number of benzene rings is 1. The van der Waals surface area contributed by atoms with Crippen molar-refractivity contribution < 1.29 is 20.1 Å². The number of nitrogens with one attached hydrogen (secondary N) is 1. The van der Waals surface area contributed by atoms with Gasteiger partial charge in [0.15, 0.2) is 0 Å². The molecule has 0 radical (unpaired) electrons. The molecule has 2 aliphatic rings. The Kier molecular flexibility index (Phi) is 5.47. The number of fused-ring (bicyclic) bond motifs is 2. The van der Waals surface area contributed by atoms with Gasteiger partial charge in [0.1, 0.15) is 0 Å². The van der Waals surface area contributed by atoms with Crippen LogP contribution in [0.3, 0.4) is 0 Å². The van der Waals surface area contributed by atoms with E-state index in [9.17, 15) is 15.3 Å². The summed E-state index contributed by atoms with van der Waals surface area (Å²) in [6, 6.07) is 8.18. The molecule has 2 heterocycles. The summed E-state index contributed by atoms with van der Waals surface area (Å²) in [5.74, 6) is -0.429. The first kappa shape index (κ1) is 21.4. The lowest BCUT2D eigenvalue weighted by molar-refractivity contribution is -0.164. The summed E-state index contributed by atoms with van der Waals surface area (Å²) in [5.41, 5.74) is 1.28. The van der Waals surface area contributed by atoms with Crippen molar-refractivity contribution in [2.45, 2.75) is 69.5 Å². The molecular weight excluding hydrogens is 380 g/mol. The second kappa shape index (κ2) is 7.68. The van der Waals surface area contributed by atoms with Gasteiger partial charge in [-0.3, -0.25) is 0 Å². The van der Waals surface area contributed by atoms with Gasteiger partial charge in [-0.2, -0.15) is 0 Å². The zero-order valence-corrected chi connectivity index (χ0v) is 18.3. The molecule has 6 heteroatoms. The molecule has 0 bridgehead atoms. The lowest BCUT2D eigenvalue weighted by atomic mass is 9.65. The van der Waals surface area contributed by atoms with Gasteiger partial charge < -0.3 is 29.9 Å². The molecule has 2 fully saturated rings. The fourth-order valence-corrected chi connectivity index (χ4v) is 5.76. The third kappa shape index (κ3) is 3.26. The van der Waals surface area contributed by atoms with E-state index in [1.54, 1.807) is 7.11 Å². The average Bonchev–Trinajstić information content (AvgIpc) is 3.27. The van der Waals surface area contributed by atoms with Gasteiger partial charge in [0.05, 0.1) is 29.5 Å². The molecule has 1 aromatic carbocycles. The third-order valence-electron chi connectivity index (χ3n) is 7.35. The van der Waals surface area contributed by atoms with E-state index in [0.717, 1.165) is 22.2 Å². The fraction of sp³-hybridized carbons (Fsp3) is 0.583. The summed E-state index contributed by atoms with van der Waals surface area (Å²) in [6.07, 6.45) is 3.42. The number of aliphatic hydroxyl groups is 3. The van der Waals surface area contributed by atoms with Gasteiger partial charge >= 0.3 is 0 Å². The Bertz CT molecular complexity index is 936. The minimum Gasteiger partial charge on any atom is -0.390 e. The number of hydrogen-bond acceptors (Lipinski definition) is 5. The van der Waals surface area contributed by atoms with Crippen LogP contribution < -0.4 is 4.90 Å². The molecule has 6 atom stereocenters. The quantitative estimate of drug-likeness (QED) is 0.565. The van der Waals surface area contributed by atoms with Crippen LogP contribution in [0.25, 0.3) is 10.9 Å². The van der Waals surface area contributed by atoms with E-state index >= 15 is 0 Å². The van der Waals surface area contributed by atoms with E-state index in [4.69, 9.17) is 4.74 Å². The number of ether oxygens (including phenoxy) is 1. The highest BCUT2D eigenvalue weighted by molar-refractivity contribution is 5.83. The van der Waals surface area contributed by atoms with E-state index in [1.807, 2.05) is 51.2 Å². The molecule has 6 nitrogen and oxygen atoms in total. The number of anilines is 1. The van der Waals surface area contributed by atoms with Crippen LogP contribution in [0.5, 0.6) is 0 Å². The number of aliphatic hydroxyl groups excluding tert-OH is 2. The summed E-state index contributed by atoms with van der Waals surface area (Å²) < 4.78 is 5.73. The van der Waals surface area contributed by atoms with Crippen LogP contribution in [0.1, 0.15) is 40.0 Å². The second-order valence-electron chi connectivity index (χ2n) is 9.48. The number of methoxy groups -OCH3 is 1. The Balaban J connectivity index is 1.83. The van der Waals surface area contributed by atoms with Crippen LogP contribution in [0.2, 0.25) is 0 Å². The molecule has 1 aromatic heterocycles. The zero-order chi connectivity index (χ0) is 21.7. The summed E-state index contributed by atoms with van der Waals surface area (Å²) in [6.45, 7) is 6.42. The molecule has 1 aliphatic heterocycles. The topological polar surface area (TPSA) is 89.0 Å². The summed E-state index contributed by atoms with van der Waals surface area (Å²) in [5, 5.41) is 35.0. The van der Waals surface area contributed by atoms with Crippen molar-refractivity contribution in [3.8, 4) is 0 Å². The van der Waals surface area contributed by atoms with Crippen molar-refractivity contribution in [3.63, 3.8) is 0 Å². The molecule has 164 valence electrons. The standard InChI is InChI=1S/C24H34N2O4/c1-15(2)5-8-20(28)23(3)22-21(30-4)19(27)9-11-24(22,29)14-26(23)17-6-7-18-16(13-17)10-12-25-18/h5-7,10,12-13,19-22,25,27-29H,8-9,11,14H2,1-4H3/t19-,20-,21-,22-,23-,24+/m1/s1. The van der Waals surface area contributed by atoms with Crippen molar-refractivity contribution in [2.24, 2.45) is 5.92 Å². The first-order chi connectivity index (χ1) is 14.2. The van der Waals surface area contributed by atoms with Crippen molar-refractivity contribution in [1.29, 1.82) is 0 Å². The van der Waals surface area contributed by atoms with E-state index in [0.29, 0.717) is 25.8 Å². The normalized spacial score (nSPS) is 34.8. The number of β-amino-alcohol motifs (C(OH)–C–C–N with tert-alkyl or cyclic N) is 1. The number of nitrogens with zero attached hydrogens (tertiary/aromatic N) is 1. The molecule has 30 heavy (non-hydrogen) atoms. The molecule has 1 aliphatic carbocycles. The number of aromatic nitrogens is 1. The molecule has 0 unspecified atom stereocenters. The molecule has 1 saturated carbocycles. The maximum Gasteiger partial charge on any atom is 0.0909 e. The van der Waals surface area contributed by atoms with Crippen LogP contribution in [0.4, 0.5) is 5.69 Å². The lowest BCUT2D eigenvalue weighted by Crippen LogP contribution is -2.63. The smallest absolute Gasteiger partial charge is 0.0909 e. The predicted octanol–water partition coefficient (Wildman–Crippen LogP) is 2.98. The van der Waals surface area contributed by atoms with Crippen LogP contribution in [0, 0.1) is 5.92 Å². The third-order valence-corrected chi connectivity index (χ3v) is 7.35. The predicted molar refractivity (Wildman–Crippen MR) is 119 cm³/mol. The fourth-order valence-electron chi connectivity index (χ4n) is 5.76. The highest BCUT2D eigenvalue weighted by atomic mass is 16.5. The maximum atomic E-state index is 11.7. The van der Waals surface area contributed by atoms with Gasteiger partial charge in [-0.1, -0.05) is 11.6 Å². The van der Waals surface area contributed by atoms with Crippen LogP contribution in [0.15, 0.2) is 42.1 Å². The first-order valence-electron chi connectivity index (χ1n) is 10.8. The van der Waals surface area contributed by atoms with Crippen LogP contribution >= 0.6 is 0 Å². The molecule has 1 saturated heterocycles. The Labute approximate surface area is 178 Å². The first-order valence-corrected chi connectivity index (χ1v) is 10.8. The van der Waals surface area contributed by atoms with Gasteiger partial charge in [0, 0.05) is 42.4 Å². The highest BCUT2D eigenvalue weighted by Crippen LogP contribution is 2.53. The maximum absolute atomic E-state index is 11.7. The van der Waals surface area contributed by atoms with Crippen molar-refractivity contribution >= 4 is 16.6 Å². The van der Waals surface area contributed by atoms with E-state index < -0.39 is 35.4 Å². The van der Waals surface area contributed by atoms with E-state index in [2.05, 4.69) is 16.0 Å². The van der Waals surface area contributed by atoms with Gasteiger partial charge in [0.2, 0.25) is 0 Å².